The van der Waals surface area contributed by atoms with Crippen LogP contribution in [-0.4, -0.2) is 25.4 Å². The zero-order valence-corrected chi connectivity index (χ0v) is 17.3. The van der Waals surface area contributed by atoms with Gasteiger partial charge in [0, 0.05) is 24.0 Å². The topological polar surface area (TPSA) is 67.5 Å². The third kappa shape index (κ3) is 3.83. The van der Waals surface area contributed by atoms with Crippen LogP contribution in [0.4, 0.5) is 0 Å². The van der Waals surface area contributed by atoms with Gasteiger partial charge in [-0.2, -0.15) is 0 Å². The molecule has 0 atom stereocenters. The van der Waals surface area contributed by atoms with Gasteiger partial charge < -0.3 is 5.11 Å². The third-order valence-electron chi connectivity index (χ3n) is 5.48. The minimum Gasteiger partial charge on any atom is -0.478 e. The first kappa shape index (κ1) is 19.8. The maximum Gasteiger partial charge on any atom is 0.336 e. The number of fused-ring (bicyclic) bond motifs is 1. The SMILES string of the molecule is CCCCc1c(Cc2ccc(-c3ccccc3C(=O)O)cc2)cnc2ncc(C)n12. The Morgan fingerprint density at radius 1 is 1.03 bits per heavy atom. The van der Waals surface area contributed by atoms with Crippen LogP contribution in [0.3, 0.4) is 0 Å². The predicted molar refractivity (Wildman–Crippen MR) is 118 cm³/mol. The molecule has 0 unspecified atom stereocenters. The number of nitrogens with zero attached hydrogens (tertiary/aromatic N) is 3. The molecule has 152 valence electrons. The van der Waals surface area contributed by atoms with Crippen molar-refractivity contribution in [2.45, 2.75) is 39.5 Å². The molecule has 4 aromatic rings. The summed E-state index contributed by atoms with van der Waals surface area (Å²) < 4.78 is 2.17. The fraction of sp³-hybridized carbons (Fsp3) is 0.240. The van der Waals surface area contributed by atoms with E-state index in [1.54, 1.807) is 12.1 Å². The van der Waals surface area contributed by atoms with Gasteiger partial charge in [0.2, 0.25) is 5.78 Å². The second-order valence-corrected chi connectivity index (χ2v) is 7.59. The molecular weight excluding hydrogens is 374 g/mol. The monoisotopic (exact) mass is 399 g/mol. The highest BCUT2D eigenvalue weighted by molar-refractivity contribution is 5.95. The summed E-state index contributed by atoms with van der Waals surface area (Å²) in [6.07, 6.45) is 7.84. The minimum absolute atomic E-state index is 0.317. The summed E-state index contributed by atoms with van der Waals surface area (Å²) >= 11 is 0. The summed E-state index contributed by atoms with van der Waals surface area (Å²) in [6, 6.07) is 15.2. The minimum atomic E-state index is -0.912. The van der Waals surface area contributed by atoms with Gasteiger partial charge in [0.25, 0.3) is 0 Å². The summed E-state index contributed by atoms with van der Waals surface area (Å²) in [5.41, 5.74) is 6.71. The van der Waals surface area contributed by atoms with Crippen LogP contribution in [0.25, 0.3) is 16.9 Å². The summed E-state index contributed by atoms with van der Waals surface area (Å²) in [7, 11) is 0. The van der Waals surface area contributed by atoms with Crippen LogP contribution in [0.15, 0.2) is 60.9 Å². The smallest absolute Gasteiger partial charge is 0.336 e. The molecule has 30 heavy (non-hydrogen) atoms. The number of unbranched alkanes of at least 4 members (excludes halogenated alkanes) is 1. The largest absolute Gasteiger partial charge is 0.478 e. The highest BCUT2D eigenvalue weighted by Gasteiger charge is 2.13. The zero-order valence-electron chi connectivity index (χ0n) is 17.3. The number of benzene rings is 2. The van der Waals surface area contributed by atoms with E-state index in [0.29, 0.717) is 5.56 Å². The van der Waals surface area contributed by atoms with Crippen molar-refractivity contribution in [1.29, 1.82) is 0 Å². The van der Waals surface area contributed by atoms with Gasteiger partial charge in [-0.05, 0) is 48.1 Å². The molecule has 2 aromatic carbocycles. The number of hydrogen-bond donors (Lipinski definition) is 1. The molecule has 2 heterocycles. The van der Waals surface area contributed by atoms with Gasteiger partial charge in [0.05, 0.1) is 11.8 Å². The Kier molecular flexibility index (Phi) is 5.61. The van der Waals surface area contributed by atoms with E-state index in [2.05, 4.69) is 40.3 Å². The van der Waals surface area contributed by atoms with Gasteiger partial charge in [-0.1, -0.05) is 55.8 Å². The fourth-order valence-corrected chi connectivity index (χ4v) is 3.91. The first-order valence-corrected chi connectivity index (χ1v) is 10.3. The zero-order chi connectivity index (χ0) is 21.1. The number of imidazole rings is 1. The maximum atomic E-state index is 11.5. The maximum absolute atomic E-state index is 11.5. The molecule has 0 amide bonds. The van der Waals surface area contributed by atoms with Crippen molar-refractivity contribution in [2.24, 2.45) is 0 Å². The first-order chi connectivity index (χ1) is 14.6. The van der Waals surface area contributed by atoms with Crippen molar-refractivity contribution in [1.82, 2.24) is 14.4 Å². The third-order valence-corrected chi connectivity index (χ3v) is 5.48. The molecule has 0 saturated carbocycles. The Morgan fingerprint density at radius 3 is 2.50 bits per heavy atom. The summed E-state index contributed by atoms with van der Waals surface area (Å²) in [4.78, 5) is 20.5. The van der Waals surface area contributed by atoms with Crippen LogP contribution in [-0.2, 0) is 12.8 Å². The number of carboxylic acid groups (broad SMARTS) is 1. The standard InChI is InChI=1S/C25H25N3O2/c1-3-4-9-23-20(16-27-25-26-15-17(2)28(23)25)14-18-10-12-19(13-11-18)21-7-5-6-8-22(21)24(29)30/h5-8,10-13,15-16H,3-4,9,14H2,1-2H3,(H,29,30). The summed E-state index contributed by atoms with van der Waals surface area (Å²) in [5.74, 6) is -0.159. The van der Waals surface area contributed by atoms with Crippen LogP contribution in [0.2, 0.25) is 0 Å². The average molecular weight is 399 g/mol. The first-order valence-electron chi connectivity index (χ1n) is 10.3. The van der Waals surface area contributed by atoms with E-state index >= 15 is 0 Å². The molecule has 0 saturated heterocycles. The Bertz CT molecular complexity index is 1190. The Labute approximate surface area is 176 Å². The second kappa shape index (κ2) is 8.49. The van der Waals surface area contributed by atoms with Gasteiger partial charge in [-0.15, -0.1) is 0 Å². The van der Waals surface area contributed by atoms with Crippen molar-refractivity contribution in [3.63, 3.8) is 0 Å². The fourth-order valence-electron chi connectivity index (χ4n) is 3.91. The molecule has 0 radical (unpaired) electrons. The lowest BCUT2D eigenvalue weighted by Gasteiger charge is -2.13. The van der Waals surface area contributed by atoms with Crippen LogP contribution >= 0.6 is 0 Å². The van der Waals surface area contributed by atoms with Crippen LogP contribution in [0, 0.1) is 6.92 Å². The number of rotatable bonds is 7. The van der Waals surface area contributed by atoms with Crippen molar-refractivity contribution in [2.75, 3.05) is 0 Å². The molecular formula is C25H25N3O2. The number of aromatic carboxylic acids is 1. The van der Waals surface area contributed by atoms with E-state index in [1.165, 1.54) is 16.8 Å². The van der Waals surface area contributed by atoms with Gasteiger partial charge in [0.15, 0.2) is 0 Å². The van der Waals surface area contributed by atoms with Gasteiger partial charge in [0.1, 0.15) is 0 Å². The molecule has 0 spiro atoms. The molecule has 0 aliphatic rings. The van der Waals surface area contributed by atoms with E-state index in [1.807, 2.05) is 36.7 Å². The highest BCUT2D eigenvalue weighted by Crippen LogP contribution is 2.25. The lowest BCUT2D eigenvalue weighted by molar-refractivity contribution is 0.0697. The highest BCUT2D eigenvalue weighted by atomic mass is 16.4. The van der Waals surface area contributed by atoms with E-state index in [-0.39, 0.29) is 0 Å². The molecule has 2 aromatic heterocycles. The number of aromatic nitrogens is 3. The van der Waals surface area contributed by atoms with Crippen LogP contribution in [0.5, 0.6) is 0 Å². The molecule has 0 aliphatic heterocycles. The van der Waals surface area contributed by atoms with E-state index in [4.69, 9.17) is 0 Å². The molecule has 5 heteroatoms. The van der Waals surface area contributed by atoms with Crippen molar-refractivity contribution in [3.05, 3.63) is 89.0 Å². The number of aryl methyl sites for hydroxylation is 2. The molecule has 5 nitrogen and oxygen atoms in total. The van der Waals surface area contributed by atoms with Crippen molar-refractivity contribution in [3.8, 4) is 11.1 Å². The molecule has 1 N–H and O–H groups in total. The lowest BCUT2D eigenvalue weighted by Crippen LogP contribution is -2.07. The predicted octanol–water partition coefficient (Wildman–Crippen LogP) is 5.34. The Hall–Kier alpha value is -3.47. The normalized spacial score (nSPS) is 11.1. The molecule has 4 rings (SSSR count). The lowest BCUT2D eigenvalue weighted by atomic mass is 9.96. The van der Waals surface area contributed by atoms with Crippen molar-refractivity contribution >= 4 is 11.7 Å². The van der Waals surface area contributed by atoms with Gasteiger partial charge in [-0.3, -0.25) is 4.40 Å². The van der Waals surface area contributed by atoms with Gasteiger partial charge >= 0.3 is 5.97 Å². The summed E-state index contributed by atoms with van der Waals surface area (Å²) in [5, 5.41) is 9.45. The quantitative estimate of drug-likeness (QED) is 0.456. The number of hydrogen-bond acceptors (Lipinski definition) is 3. The summed E-state index contributed by atoms with van der Waals surface area (Å²) in [6.45, 7) is 4.27. The number of carbonyl (C=O) groups is 1. The van der Waals surface area contributed by atoms with Gasteiger partial charge in [-0.25, -0.2) is 14.8 Å². The van der Waals surface area contributed by atoms with E-state index in [0.717, 1.165) is 48.3 Å². The number of carboxylic acids is 1. The van der Waals surface area contributed by atoms with Crippen LogP contribution in [0.1, 0.15) is 52.6 Å². The van der Waals surface area contributed by atoms with E-state index in [9.17, 15) is 9.90 Å². The van der Waals surface area contributed by atoms with E-state index < -0.39 is 5.97 Å². The van der Waals surface area contributed by atoms with Crippen LogP contribution < -0.4 is 0 Å². The Morgan fingerprint density at radius 2 is 1.77 bits per heavy atom. The molecule has 0 bridgehead atoms. The molecule has 0 fully saturated rings. The Balaban J connectivity index is 1.66. The average Bonchev–Trinajstić information content (AvgIpc) is 3.14. The van der Waals surface area contributed by atoms with Crippen molar-refractivity contribution < 1.29 is 9.90 Å². The molecule has 0 aliphatic carbocycles. The second-order valence-electron chi connectivity index (χ2n) is 7.59.